The van der Waals surface area contributed by atoms with E-state index < -0.39 is 0 Å². The van der Waals surface area contributed by atoms with Crippen molar-refractivity contribution in [1.29, 1.82) is 0 Å². The number of fused-ring (bicyclic) bond motifs is 2. The van der Waals surface area contributed by atoms with Gasteiger partial charge < -0.3 is 14.5 Å². The number of rotatable bonds is 0. The van der Waals surface area contributed by atoms with Crippen LogP contribution in [0, 0.1) is 0 Å². The molecule has 0 aliphatic carbocycles. The highest BCUT2D eigenvalue weighted by Crippen LogP contribution is 2.21. The van der Waals surface area contributed by atoms with Gasteiger partial charge in [-0.2, -0.15) is 11.0 Å². The molecule has 4 rings (SSSR count). The monoisotopic (exact) mass is 272 g/mol. The van der Waals surface area contributed by atoms with Crippen LogP contribution in [-0.4, -0.2) is 6.79 Å². The van der Waals surface area contributed by atoms with Crippen LogP contribution in [0.1, 0.15) is 11.1 Å². The standard InChI is InChI=1S/2C7H7NO.CH2O/c2*1-2-4-7-6(3-1)5-8-9-7;1-2/h2*1-4,8H,5H2;1H2. The lowest BCUT2D eigenvalue weighted by Gasteiger charge is -1.91. The van der Waals surface area contributed by atoms with E-state index in [4.69, 9.17) is 14.5 Å². The molecular weight excluding hydrogens is 256 g/mol. The zero-order valence-electron chi connectivity index (χ0n) is 11.0. The Balaban J connectivity index is 0.000000131. The lowest BCUT2D eigenvalue weighted by atomic mass is 10.2. The molecule has 2 aromatic carbocycles. The van der Waals surface area contributed by atoms with Gasteiger partial charge in [0.1, 0.15) is 6.79 Å². The molecule has 0 radical (unpaired) electrons. The van der Waals surface area contributed by atoms with Crippen molar-refractivity contribution in [2.24, 2.45) is 0 Å². The molecule has 2 aliphatic heterocycles. The molecule has 0 amide bonds. The topological polar surface area (TPSA) is 59.6 Å². The van der Waals surface area contributed by atoms with Crippen molar-refractivity contribution in [3.63, 3.8) is 0 Å². The fourth-order valence-electron chi connectivity index (χ4n) is 1.88. The Morgan fingerprint density at radius 2 is 1.15 bits per heavy atom. The summed E-state index contributed by atoms with van der Waals surface area (Å²) < 4.78 is 0. The Kier molecular flexibility index (Phi) is 5.11. The van der Waals surface area contributed by atoms with Crippen LogP contribution in [0.3, 0.4) is 0 Å². The minimum Gasteiger partial charge on any atom is -0.408 e. The zero-order chi connectivity index (χ0) is 14.2. The van der Waals surface area contributed by atoms with Gasteiger partial charge in [-0.25, -0.2) is 0 Å². The molecule has 0 unspecified atom stereocenters. The molecule has 104 valence electrons. The second-order valence-corrected chi connectivity index (χ2v) is 4.06. The molecule has 2 aliphatic rings. The Morgan fingerprint density at radius 3 is 1.55 bits per heavy atom. The average molecular weight is 272 g/mol. The van der Waals surface area contributed by atoms with Gasteiger partial charge in [0.05, 0.1) is 13.1 Å². The largest absolute Gasteiger partial charge is 0.408 e. The highest BCUT2D eigenvalue weighted by atomic mass is 16.7. The summed E-state index contributed by atoms with van der Waals surface area (Å²) in [7, 11) is 0. The highest BCUT2D eigenvalue weighted by molar-refractivity contribution is 5.35. The van der Waals surface area contributed by atoms with Gasteiger partial charge in [-0.05, 0) is 12.1 Å². The van der Waals surface area contributed by atoms with Gasteiger partial charge >= 0.3 is 0 Å². The van der Waals surface area contributed by atoms with E-state index in [2.05, 4.69) is 23.1 Å². The first-order chi connectivity index (χ1) is 9.93. The maximum absolute atomic E-state index is 8.00. The summed E-state index contributed by atoms with van der Waals surface area (Å²) in [5.41, 5.74) is 8.04. The minimum absolute atomic E-state index is 0.830. The first kappa shape index (κ1) is 14.0. The zero-order valence-corrected chi connectivity index (χ0v) is 11.0. The van der Waals surface area contributed by atoms with Crippen LogP contribution >= 0.6 is 0 Å². The summed E-state index contributed by atoms with van der Waals surface area (Å²) in [4.78, 5) is 18.1. The van der Waals surface area contributed by atoms with Gasteiger partial charge in [0, 0.05) is 11.1 Å². The van der Waals surface area contributed by atoms with Crippen LogP contribution in [0.5, 0.6) is 11.5 Å². The summed E-state index contributed by atoms with van der Waals surface area (Å²) in [5, 5.41) is 0. The number of hydroxylamine groups is 2. The molecule has 0 saturated carbocycles. The Bertz CT molecular complexity index is 465. The van der Waals surface area contributed by atoms with E-state index in [9.17, 15) is 0 Å². The van der Waals surface area contributed by atoms with Gasteiger partial charge in [-0.15, -0.1) is 0 Å². The maximum atomic E-state index is 8.00. The molecule has 0 aromatic heterocycles. The predicted molar refractivity (Wildman–Crippen MR) is 74.9 cm³/mol. The van der Waals surface area contributed by atoms with Crippen molar-refractivity contribution < 1.29 is 14.5 Å². The Morgan fingerprint density at radius 1 is 0.750 bits per heavy atom. The smallest absolute Gasteiger partial charge is 0.151 e. The van der Waals surface area contributed by atoms with Gasteiger partial charge in [-0.1, -0.05) is 36.4 Å². The third-order valence-corrected chi connectivity index (χ3v) is 2.83. The molecule has 20 heavy (non-hydrogen) atoms. The SMILES string of the molecule is C=O.c1ccc2c(c1)CNO2.c1ccc2c(c1)CNO2. The average Bonchev–Trinajstić information content (AvgIpc) is 3.18. The van der Waals surface area contributed by atoms with E-state index in [1.165, 1.54) is 11.1 Å². The van der Waals surface area contributed by atoms with Crippen LogP contribution in [-0.2, 0) is 17.9 Å². The fraction of sp³-hybridized carbons (Fsp3) is 0.133. The predicted octanol–water partition coefficient (Wildman–Crippen LogP) is 1.98. The van der Waals surface area contributed by atoms with Crippen molar-refractivity contribution in [3.8, 4) is 11.5 Å². The van der Waals surface area contributed by atoms with Gasteiger partial charge in [-0.3, -0.25) is 0 Å². The van der Waals surface area contributed by atoms with E-state index in [0.29, 0.717) is 0 Å². The first-order valence-corrected chi connectivity index (χ1v) is 6.17. The van der Waals surface area contributed by atoms with Gasteiger partial charge in [0.2, 0.25) is 0 Å². The normalized spacial score (nSPS) is 13.4. The molecule has 2 N–H and O–H groups in total. The van der Waals surface area contributed by atoms with E-state index >= 15 is 0 Å². The third-order valence-electron chi connectivity index (χ3n) is 2.83. The summed E-state index contributed by atoms with van der Waals surface area (Å²) in [5.74, 6) is 1.91. The molecule has 0 saturated heterocycles. The van der Waals surface area contributed by atoms with Crippen LogP contribution < -0.4 is 20.6 Å². The summed E-state index contributed by atoms with van der Waals surface area (Å²) >= 11 is 0. The molecule has 2 aromatic rings. The molecule has 0 spiro atoms. The van der Waals surface area contributed by atoms with E-state index in [-0.39, 0.29) is 0 Å². The molecule has 0 bridgehead atoms. The molecule has 0 atom stereocenters. The van der Waals surface area contributed by atoms with E-state index in [1.807, 2.05) is 43.2 Å². The minimum atomic E-state index is 0.830. The summed E-state index contributed by atoms with van der Waals surface area (Å²) in [6, 6.07) is 16.0. The van der Waals surface area contributed by atoms with Crippen LogP contribution in [0.2, 0.25) is 0 Å². The first-order valence-electron chi connectivity index (χ1n) is 6.17. The second kappa shape index (κ2) is 7.28. The number of hydrogen-bond acceptors (Lipinski definition) is 5. The maximum Gasteiger partial charge on any atom is 0.151 e. The molecule has 5 nitrogen and oxygen atoms in total. The van der Waals surface area contributed by atoms with Crippen molar-refractivity contribution in [2.75, 3.05) is 0 Å². The highest BCUT2D eigenvalue weighted by Gasteiger charge is 2.08. The number of carbonyl (C=O) groups is 1. The molecule has 2 heterocycles. The second-order valence-electron chi connectivity index (χ2n) is 4.06. The lowest BCUT2D eigenvalue weighted by molar-refractivity contribution is -0.0979. The van der Waals surface area contributed by atoms with Crippen LogP contribution in [0.15, 0.2) is 48.5 Å². The number of hydrogen-bond donors (Lipinski definition) is 2. The van der Waals surface area contributed by atoms with Crippen LogP contribution in [0.25, 0.3) is 0 Å². The van der Waals surface area contributed by atoms with Crippen LogP contribution in [0.4, 0.5) is 0 Å². The molecular formula is C15H16N2O3. The summed E-state index contributed by atoms with van der Waals surface area (Å²) in [6.45, 7) is 3.66. The number of para-hydroxylation sites is 2. The fourth-order valence-corrected chi connectivity index (χ4v) is 1.88. The molecule has 5 heteroatoms. The number of nitrogens with one attached hydrogen (secondary N) is 2. The third kappa shape index (κ3) is 3.34. The van der Waals surface area contributed by atoms with E-state index in [0.717, 1.165) is 24.6 Å². The van der Waals surface area contributed by atoms with Gasteiger partial charge in [0.15, 0.2) is 11.5 Å². The number of benzene rings is 2. The number of carbonyl (C=O) groups excluding carboxylic acids is 1. The Labute approximate surface area is 117 Å². The molecule has 0 fully saturated rings. The van der Waals surface area contributed by atoms with Crippen molar-refractivity contribution >= 4 is 6.79 Å². The quantitative estimate of drug-likeness (QED) is 0.768. The van der Waals surface area contributed by atoms with Crippen molar-refractivity contribution in [2.45, 2.75) is 13.1 Å². The summed E-state index contributed by atoms with van der Waals surface area (Å²) in [6.07, 6.45) is 0. The van der Waals surface area contributed by atoms with Crippen molar-refractivity contribution in [3.05, 3.63) is 59.7 Å². The lowest BCUT2D eigenvalue weighted by Crippen LogP contribution is -2.07. The van der Waals surface area contributed by atoms with Crippen molar-refractivity contribution in [1.82, 2.24) is 11.0 Å². The van der Waals surface area contributed by atoms with Gasteiger partial charge in [0.25, 0.3) is 0 Å². The Hall–Kier alpha value is -2.37. The van der Waals surface area contributed by atoms with E-state index in [1.54, 1.807) is 0 Å².